The predicted molar refractivity (Wildman–Crippen MR) is 119 cm³/mol. The van der Waals surface area contributed by atoms with E-state index >= 15 is 0 Å². The Kier molecular flexibility index (Phi) is 5.82. The van der Waals surface area contributed by atoms with Crippen LogP contribution in [-0.4, -0.2) is 29.8 Å². The standard InChI is InChI=1S/C24H25ClN2O3/c1-3-27(13-23(28)26-21-12-19(25)8-7-15(21)2)24(29)11-18-14-30-22-10-17-6-4-5-16(17)9-20(18)22/h7-10,12,14H,3-6,11,13H2,1-2H3,(H,26,28). The summed E-state index contributed by atoms with van der Waals surface area (Å²) in [5.74, 6) is -0.343. The molecule has 4 rings (SSSR count). The van der Waals surface area contributed by atoms with Gasteiger partial charge in [0.1, 0.15) is 5.58 Å². The van der Waals surface area contributed by atoms with Gasteiger partial charge in [-0.2, -0.15) is 0 Å². The number of nitrogens with one attached hydrogen (secondary N) is 1. The number of likely N-dealkylation sites (N-methyl/N-ethyl adjacent to an activating group) is 1. The van der Waals surface area contributed by atoms with E-state index < -0.39 is 0 Å². The van der Waals surface area contributed by atoms with E-state index in [0.717, 1.165) is 34.9 Å². The molecule has 1 aliphatic carbocycles. The Hall–Kier alpha value is -2.79. The molecule has 0 atom stereocenters. The topological polar surface area (TPSA) is 62.6 Å². The van der Waals surface area contributed by atoms with Crippen molar-refractivity contribution in [3.63, 3.8) is 0 Å². The predicted octanol–water partition coefficient (Wildman–Crippen LogP) is 4.91. The third-order valence-corrected chi connectivity index (χ3v) is 5.99. The molecule has 0 unspecified atom stereocenters. The average molecular weight is 425 g/mol. The Morgan fingerprint density at radius 1 is 1.17 bits per heavy atom. The summed E-state index contributed by atoms with van der Waals surface area (Å²) < 4.78 is 5.71. The summed E-state index contributed by atoms with van der Waals surface area (Å²) >= 11 is 6.02. The molecule has 2 aromatic carbocycles. The first-order chi connectivity index (χ1) is 14.4. The molecule has 1 aliphatic rings. The molecule has 0 bridgehead atoms. The van der Waals surface area contributed by atoms with E-state index in [-0.39, 0.29) is 24.8 Å². The number of carbonyl (C=O) groups is 2. The third kappa shape index (κ3) is 4.21. The van der Waals surface area contributed by atoms with Crippen LogP contribution in [0.5, 0.6) is 0 Å². The van der Waals surface area contributed by atoms with Crippen LogP contribution in [0.4, 0.5) is 5.69 Å². The maximum Gasteiger partial charge on any atom is 0.244 e. The highest BCUT2D eigenvalue weighted by Gasteiger charge is 2.20. The second-order valence-corrected chi connectivity index (χ2v) is 8.26. The first-order valence-corrected chi connectivity index (χ1v) is 10.7. The molecule has 1 heterocycles. The third-order valence-electron chi connectivity index (χ3n) is 5.75. The number of benzene rings is 2. The van der Waals surface area contributed by atoms with Crippen molar-refractivity contribution < 1.29 is 14.0 Å². The molecule has 0 spiro atoms. The van der Waals surface area contributed by atoms with Crippen LogP contribution in [0.3, 0.4) is 0 Å². The van der Waals surface area contributed by atoms with Gasteiger partial charge in [-0.05, 0) is 74.1 Å². The van der Waals surface area contributed by atoms with Crippen LogP contribution in [-0.2, 0) is 28.9 Å². The monoisotopic (exact) mass is 424 g/mol. The molecule has 0 fully saturated rings. The van der Waals surface area contributed by atoms with Crippen LogP contribution >= 0.6 is 11.6 Å². The summed E-state index contributed by atoms with van der Waals surface area (Å²) in [7, 11) is 0. The van der Waals surface area contributed by atoms with Gasteiger partial charge in [-0.15, -0.1) is 0 Å². The Bertz CT molecular complexity index is 1120. The molecule has 1 N–H and O–H groups in total. The maximum atomic E-state index is 12.9. The minimum atomic E-state index is -0.245. The van der Waals surface area contributed by atoms with Crippen molar-refractivity contribution in [2.45, 2.75) is 39.5 Å². The highest BCUT2D eigenvalue weighted by Crippen LogP contribution is 2.30. The van der Waals surface area contributed by atoms with Crippen molar-refractivity contribution in [2.24, 2.45) is 0 Å². The second kappa shape index (κ2) is 8.52. The second-order valence-electron chi connectivity index (χ2n) is 7.82. The fourth-order valence-corrected chi connectivity index (χ4v) is 4.20. The van der Waals surface area contributed by atoms with Gasteiger partial charge in [0.15, 0.2) is 0 Å². The lowest BCUT2D eigenvalue weighted by molar-refractivity contribution is -0.133. The van der Waals surface area contributed by atoms with Crippen LogP contribution in [0.2, 0.25) is 5.02 Å². The zero-order valence-corrected chi connectivity index (χ0v) is 18.0. The van der Waals surface area contributed by atoms with Crippen LogP contribution in [0, 0.1) is 6.92 Å². The summed E-state index contributed by atoms with van der Waals surface area (Å²) in [6.45, 7) is 4.21. The maximum absolute atomic E-state index is 12.9. The van der Waals surface area contributed by atoms with Crippen molar-refractivity contribution in [1.29, 1.82) is 0 Å². The summed E-state index contributed by atoms with van der Waals surface area (Å²) in [6, 6.07) is 9.60. The zero-order chi connectivity index (χ0) is 21.3. The largest absolute Gasteiger partial charge is 0.464 e. The van der Waals surface area contributed by atoms with Crippen molar-refractivity contribution in [3.8, 4) is 0 Å². The molecule has 5 nitrogen and oxygen atoms in total. The van der Waals surface area contributed by atoms with Gasteiger partial charge >= 0.3 is 0 Å². The zero-order valence-electron chi connectivity index (χ0n) is 17.3. The molecular weight excluding hydrogens is 400 g/mol. The number of carbonyl (C=O) groups excluding carboxylic acids is 2. The van der Waals surface area contributed by atoms with E-state index in [4.69, 9.17) is 16.0 Å². The number of nitrogens with zero attached hydrogens (tertiary/aromatic N) is 1. The number of fused-ring (bicyclic) bond motifs is 2. The number of rotatable bonds is 6. The lowest BCUT2D eigenvalue weighted by atomic mass is 10.0. The van der Waals surface area contributed by atoms with Crippen LogP contribution in [0.15, 0.2) is 41.0 Å². The molecule has 156 valence electrons. The Labute approximate surface area is 181 Å². The Morgan fingerprint density at radius 3 is 2.70 bits per heavy atom. The van der Waals surface area contributed by atoms with Crippen molar-refractivity contribution in [3.05, 3.63) is 63.9 Å². The van der Waals surface area contributed by atoms with Gasteiger partial charge in [0.2, 0.25) is 11.8 Å². The SMILES string of the molecule is CCN(CC(=O)Nc1cc(Cl)ccc1C)C(=O)Cc1coc2cc3c(cc12)CCC3. The van der Waals surface area contributed by atoms with E-state index in [1.165, 1.54) is 17.5 Å². The first kappa shape index (κ1) is 20.5. The van der Waals surface area contributed by atoms with Gasteiger partial charge in [0, 0.05) is 28.2 Å². The number of furan rings is 1. The summed E-state index contributed by atoms with van der Waals surface area (Å²) in [6.07, 6.45) is 5.21. The quantitative estimate of drug-likeness (QED) is 0.611. The van der Waals surface area contributed by atoms with Crippen LogP contribution in [0.25, 0.3) is 11.0 Å². The molecule has 1 aromatic heterocycles. The highest BCUT2D eigenvalue weighted by molar-refractivity contribution is 6.31. The van der Waals surface area contributed by atoms with Gasteiger partial charge in [-0.3, -0.25) is 9.59 Å². The highest BCUT2D eigenvalue weighted by atomic mass is 35.5. The average Bonchev–Trinajstić information content (AvgIpc) is 3.33. The number of aryl methyl sites for hydroxylation is 3. The van der Waals surface area contributed by atoms with Crippen molar-refractivity contribution in [2.75, 3.05) is 18.4 Å². The molecule has 6 heteroatoms. The first-order valence-electron chi connectivity index (χ1n) is 10.3. The van der Waals surface area contributed by atoms with Crippen molar-refractivity contribution in [1.82, 2.24) is 4.90 Å². The lowest BCUT2D eigenvalue weighted by Crippen LogP contribution is -2.38. The van der Waals surface area contributed by atoms with Gasteiger partial charge < -0.3 is 14.6 Å². The Balaban J connectivity index is 1.45. The number of halogens is 1. The minimum Gasteiger partial charge on any atom is -0.464 e. The van der Waals surface area contributed by atoms with Gasteiger partial charge in [0.25, 0.3) is 0 Å². The molecule has 0 radical (unpaired) electrons. The van der Waals surface area contributed by atoms with Gasteiger partial charge in [-0.25, -0.2) is 0 Å². The molecule has 3 aromatic rings. The van der Waals surface area contributed by atoms with E-state index in [1.807, 2.05) is 19.9 Å². The lowest BCUT2D eigenvalue weighted by Gasteiger charge is -2.20. The van der Waals surface area contributed by atoms with Gasteiger partial charge in [0.05, 0.1) is 19.2 Å². The van der Waals surface area contributed by atoms with Crippen LogP contribution in [0.1, 0.15) is 35.6 Å². The van der Waals surface area contributed by atoms with E-state index in [0.29, 0.717) is 17.3 Å². The molecule has 0 saturated carbocycles. The molecule has 30 heavy (non-hydrogen) atoms. The molecule has 0 saturated heterocycles. The fraction of sp³-hybridized carbons (Fsp3) is 0.333. The molecule has 2 amide bonds. The Morgan fingerprint density at radius 2 is 1.93 bits per heavy atom. The summed E-state index contributed by atoms with van der Waals surface area (Å²) in [5, 5.41) is 4.40. The number of anilines is 1. The summed E-state index contributed by atoms with van der Waals surface area (Å²) in [5.41, 5.74) is 5.97. The van der Waals surface area contributed by atoms with Crippen molar-refractivity contribution >= 4 is 40.1 Å². The van der Waals surface area contributed by atoms with E-state index in [2.05, 4.69) is 17.4 Å². The summed E-state index contributed by atoms with van der Waals surface area (Å²) in [4.78, 5) is 27.0. The van der Waals surface area contributed by atoms with Gasteiger partial charge in [-0.1, -0.05) is 17.7 Å². The number of hydrogen-bond donors (Lipinski definition) is 1. The van der Waals surface area contributed by atoms with E-state index in [1.54, 1.807) is 23.3 Å². The smallest absolute Gasteiger partial charge is 0.244 e. The molecular formula is C24H25ClN2O3. The molecule has 0 aliphatic heterocycles. The number of hydrogen-bond acceptors (Lipinski definition) is 3. The number of amides is 2. The normalized spacial score (nSPS) is 12.8. The van der Waals surface area contributed by atoms with E-state index in [9.17, 15) is 9.59 Å². The fourth-order valence-electron chi connectivity index (χ4n) is 4.03. The van der Waals surface area contributed by atoms with Crippen LogP contribution < -0.4 is 5.32 Å². The minimum absolute atomic E-state index is 0.00747.